The molecule has 0 bridgehead atoms. The summed E-state index contributed by atoms with van der Waals surface area (Å²) in [5, 5.41) is 8.73. The van der Waals surface area contributed by atoms with E-state index >= 15 is 0 Å². The quantitative estimate of drug-likeness (QED) is 0.283. The van der Waals surface area contributed by atoms with Crippen LogP contribution >= 0.6 is 34.4 Å². The second kappa shape index (κ2) is 10.5. The van der Waals surface area contributed by atoms with Gasteiger partial charge in [0, 0.05) is 14.2 Å². The zero-order valence-electron chi connectivity index (χ0n) is 16.0. The monoisotopic (exact) mass is 516 g/mol. The fraction of sp³-hybridized carbons (Fsp3) is 0.125. The van der Waals surface area contributed by atoms with Gasteiger partial charge in [0.15, 0.2) is 6.61 Å². The van der Waals surface area contributed by atoms with Gasteiger partial charge in [-0.2, -0.15) is 0 Å². The molecule has 148 valence electrons. The van der Waals surface area contributed by atoms with E-state index in [1.54, 1.807) is 11.8 Å². The van der Waals surface area contributed by atoms with E-state index in [-0.39, 0.29) is 6.61 Å². The first-order chi connectivity index (χ1) is 14.0. The Balaban J connectivity index is 1.77. The van der Waals surface area contributed by atoms with E-state index in [1.807, 2.05) is 24.3 Å². The van der Waals surface area contributed by atoms with Gasteiger partial charge in [0.1, 0.15) is 5.75 Å². The highest BCUT2D eigenvalue weighted by Crippen LogP contribution is 2.30. The molecule has 1 N–H and O–H groups in total. The van der Waals surface area contributed by atoms with Crippen LogP contribution < -0.4 is 4.74 Å². The summed E-state index contributed by atoms with van der Waals surface area (Å²) in [6.07, 6.45) is 2.26. The minimum atomic E-state index is -0.979. The number of hydrogen-bond acceptors (Lipinski definition) is 3. The molecule has 3 aromatic carbocycles. The van der Waals surface area contributed by atoms with E-state index in [0.717, 1.165) is 14.2 Å². The number of halogens is 1. The standard InChI is InChI=1S/C24H21IO3S/c1-17-6-5-9-19(14-17)21(18-7-3-2-4-8-18)12-13-29-23-11-10-20(15-22(23)25)28-16-24(26)27/h2-12,14-15H,13,16H2,1H3,(H,26,27)/b21-12-. The summed E-state index contributed by atoms with van der Waals surface area (Å²) in [4.78, 5) is 11.8. The number of carboxylic acids is 1. The summed E-state index contributed by atoms with van der Waals surface area (Å²) in [7, 11) is 0. The number of benzene rings is 3. The van der Waals surface area contributed by atoms with Gasteiger partial charge >= 0.3 is 5.97 Å². The highest BCUT2D eigenvalue weighted by Gasteiger charge is 2.07. The van der Waals surface area contributed by atoms with E-state index in [1.165, 1.54) is 22.3 Å². The molecule has 0 fully saturated rings. The van der Waals surface area contributed by atoms with Gasteiger partial charge in [-0.15, -0.1) is 11.8 Å². The Kier molecular flexibility index (Phi) is 7.77. The van der Waals surface area contributed by atoms with Crippen LogP contribution in [0.4, 0.5) is 0 Å². The van der Waals surface area contributed by atoms with Crippen molar-refractivity contribution in [1.82, 2.24) is 0 Å². The van der Waals surface area contributed by atoms with E-state index in [9.17, 15) is 4.79 Å². The zero-order valence-corrected chi connectivity index (χ0v) is 18.9. The summed E-state index contributed by atoms with van der Waals surface area (Å²) in [6, 6.07) is 24.6. The average Bonchev–Trinajstić information content (AvgIpc) is 2.71. The van der Waals surface area contributed by atoms with Crippen molar-refractivity contribution in [1.29, 1.82) is 0 Å². The highest BCUT2D eigenvalue weighted by molar-refractivity contribution is 14.1. The first-order valence-electron chi connectivity index (χ1n) is 9.12. The molecule has 0 amide bonds. The molecule has 0 aliphatic carbocycles. The number of thioether (sulfide) groups is 1. The Labute approximate surface area is 188 Å². The van der Waals surface area contributed by atoms with Crippen molar-refractivity contribution in [3.05, 3.63) is 99.1 Å². The molecule has 0 atom stereocenters. The number of aryl methyl sites for hydroxylation is 1. The lowest BCUT2D eigenvalue weighted by molar-refractivity contribution is -0.139. The Morgan fingerprint density at radius 2 is 1.79 bits per heavy atom. The van der Waals surface area contributed by atoms with Crippen molar-refractivity contribution in [2.45, 2.75) is 11.8 Å². The van der Waals surface area contributed by atoms with Crippen LogP contribution in [0.5, 0.6) is 5.75 Å². The van der Waals surface area contributed by atoms with Crippen molar-refractivity contribution >= 4 is 45.9 Å². The van der Waals surface area contributed by atoms with E-state index in [0.29, 0.717) is 5.75 Å². The fourth-order valence-electron chi connectivity index (χ4n) is 2.88. The third-order valence-corrected chi connectivity index (χ3v) is 6.46. The molecule has 3 rings (SSSR count). The van der Waals surface area contributed by atoms with E-state index < -0.39 is 5.97 Å². The van der Waals surface area contributed by atoms with Crippen molar-refractivity contribution in [2.75, 3.05) is 12.4 Å². The maximum atomic E-state index is 10.6. The predicted molar refractivity (Wildman–Crippen MR) is 128 cm³/mol. The molecule has 0 saturated heterocycles. The van der Waals surface area contributed by atoms with Gasteiger partial charge in [-0.1, -0.05) is 66.2 Å². The number of carbonyl (C=O) groups is 1. The zero-order chi connectivity index (χ0) is 20.6. The summed E-state index contributed by atoms with van der Waals surface area (Å²) in [5.41, 5.74) is 4.87. The molecule has 3 aromatic rings. The second-order valence-electron chi connectivity index (χ2n) is 6.44. The molecular formula is C24H21IO3S. The van der Waals surface area contributed by atoms with Crippen LogP contribution in [0.1, 0.15) is 16.7 Å². The average molecular weight is 516 g/mol. The van der Waals surface area contributed by atoms with Gasteiger partial charge in [0.25, 0.3) is 0 Å². The van der Waals surface area contributed by atoms with Crippen LogP contribution in [0.2, 0.25) is 0 Å². The molecule has 0 heterocycles. The van der Waals surface area contributed by atoms with Gasteiger partial charge < -0.3 is 9.84 Å². The molecule has 0 radical (unpaired) electrons. The maximum absolute atomic E-state index is 10.6. The van der Waals surface area contributed by atoms with Gasteiger partial charge in [-0.3, -0.25) is 0 Å². The smallest absolute Gasteiger partial charge is 0.341 e. The Morgan fingerprint density at radius 3 is 2.48 bits per heavy atom. The lowest BCUT2D eigenvalue weighted by atomic mass is 9.97. The molecule has 29 heavy (non-hydrogen) atoms. The predicted octanol–water partition coefficient (Wildman–Crippen LogP) is 6.29. The van der Waals surface area contributed by atoms with Gasteiger partial charge in [-0.05, 0) is 64.4 Å². The SMILES string of the molecule is Cc1cccc(/C(=C\CSc2ccc(OCC(=O)O)cc2I)c2ccccc2)c1. The largest absolute Gasteiger partial charge is 0.482 e. The van der Waals surface area contributed by atoms with E-state index in [4.69, 9.17) is 9.84 Å². The Morgan fingerprint density at radius 1 is 1.03 bits per heavy atom. The molecule has 0 unspecified atom stereocenters. The topological polar surface area (TPSA) is 46.5 Å². The fourth-order valence-corrected chi connectivity index (χ4v) is 4.63. The van der Waals surface area contributed by atoms with Gasteiger partial charge in [-0.25, -0.2) is 4.79 Å². The minimum absolute atomic E-state index is 0.331. The van der Waals surface area contributed by atoms with Crippen molar-refractivity contribution < 1.29 is 14.6 Å². The van der Waals surface area contributed by atoms with Crippen molar-refractivity contribution in [3.63, 3.8) is 0 Å². The minimum Gasteiger partial charge on any atom is -0.482 e. The summed E-state index contributed by atoms with van der Waals surface area (Å²) in [5.74, 6) is 0.415. The molecular weight excluding hydrogens is 495 g/mol. The molecule has 0 spiro atoms. The Bertz CT molecular complexity index is 1020. The first-order valence-corrected chi connectivity index (χ1v) is 11.2. The number of hydrogen-bond donors (Lipinski definition) is 1. The lowest BCUT2D eigenvalue weighted by Crippen LogP contribution is -2.09. The summed E-state index contributed by atoms with van der Waals surface area (Å²) >= 11 is 4.00. The van der Waals surface area contributed by atoms with Crippen LogP contribution in [0, 0.1) is 10.5 Å². The van der Waals surface area contributed by atoms with Gasteiger partial charge in [0.05, 0.1) is 0 Å². The maximum Gasteiger partial charge on any atom is 0.341 e. The van der Waals surface area contributed by atoms with Crippen LogP contribution in [-0.2, 0) is 4.79 Å². The van der Waals surface area contributed by atoms with Crippen molar-refractivity contribution in [2.24, 2.45) is 0 Å². The van der Waals surface area contributed by atoms with Crippen LogP contribution in [0.3, 0.4) is 0 Å². The van der Waals surface area contributed by atoms with Crippen molar-refractivity contribution in [3.8, 4) is 5.75 Å². The van der Waals surface area contributed by atoms with E-state index in [2.05, 4.69) is 84.1 Å². The third-order valence-electron chi connectivity index (χ3n) is 4.21. The summed E-state index contributed by atoms with van der Waals surface area (Å²) in [6.45, 7) is 1.78. The molecule has 5 heteroatoms. The first kappa shape index (κ1) is 21.5. The lowest BCUT2D eigenvalue weighted by Gasteiger charge is -2.11. The molecule has 0 saturated carbocycles. The van der Waals surface area contributed by atoms with Crippen LogP contribution in [0.25, 0.3) is 5.57 Å². The molecule has 0 aliphatic heterocycles. The number of carboxylic acid groups (broad SMARTS) is 1. The second-order valence-corrected chi connectivity index (χ2v) is 8.66. The Hall–Kier alpha value is -2.25. The molecule has 0 aliphatic rings. The number of ether oxygens (including phenoxy) is 1. The third kappa shape index (κ3) is 6.37. The van der Waals surface area contributed by atoms with Gasteiger partial charge in [0.2, 0.25) is 0 Å². The number of rotatable bonds is 8. The van der Waals surface area contributed by atoms with Crippen LogP contribution in [0.15, 0.2) is 83.8 Å². The van der Waals surface area contributed by atoms with Crippen LogP contribution in [-0.4, -0.2) is 23.4 Å². The molecule has 3 nitrogen and oxygen atoms in total. The number of aliphatic carboxylic acids is 1. The normalized spacial score (nSPS) is 11.3. The summed E-state index contributed by atoms with van der Waals surface area (Å²) < 4.78 is 6.29. The molecule has 0 aromatic heterocycles. The highest BCUT2D eigenvalue weighted by atomic mass is 127.